The van der Waals surface area contributed by atoms with Gasteiger partial charge in [0.1, 0.15) is 5.52 Å². The van der Waals surface area contributed by atoms with E-state index < -0.39 is 5.76 Å². The van der Waals surface area contributed by atoms with Crippen LogP contribution in [0.25, 0.3) is 22.8 Å². The van der Waals surface area contributed by atoms with E-state index in [-0.39, 0.29) is 41.6 Å². The van der Waals surface area contributed by atoms with Crippen LogP contribution in [0.2, 0.25) is 0 Å². The van der Waals surface area contributed by atoms with Crippen molar-refractivity contribution in [1.29, 1.82) is 0 Å². The average Bonchev–Trinajstić information content (AvgIpc) is 3.65. The van der Waals surface area contributed by atoms with Crippen molar-refractivity contribution in [2.45, 2.75) is 103 Å². The minimum Gasteiger partial charge on any atom is -0.365 e. The predicted molar refractivity (Wildman–Crippen MR) is 167 cm³/mol. The van der Waals surface area contributed by atoms with Crippen LogP contribution in [0, 0.1) is 36.0 Å². The Morgan fingerprint density at radius 2 is 1.84 bits per heavy atom. The second kappa shape index (κ2) is 11.6. The first-order valence-corrected chi connectivity index (χ1v) is 16.4. The van der Waals surface area contributed by atoms with Gasteiger partial charge < -0.3 is 19.7 Å². The number of carbonyl (C=O) groups is 1. The Morgan fingerprint density at radius 1 is 1.07 bits per heavy atom. The van der Waals surface area contributed by atoms with E-state index in [4.69, 9.17) is 25.9 Å². The molecule has 0 spiro atoms. The van der Waals surface area contributed by atoms with Crippen LogP contribution >= 0.6 is 0 Å². The smallest absolute Gasteiger partial charge is 0.365 e. The zero-order chi connectivity index (χ0) is 30.5. The number of anilines is 2. The molecule has 3 aliphatic carbocycles. The lowest BCUT2D eigenvalue weighted by Crippen LogP contribution is -2.59. The Kier molecular flexibility index (Phi) is 7.58. The molecule has 1 saturated heterocycles. The van der Waals surface area contributed by atoms with Crippen LogP contribution in [0.3, 0.4) is 0 Å². The Morgan fingerprint density at radius 3 is 2.48 bits per heavy atom. The Hall–Kier alpha value is -3.88. The summed E-state index contributed by atoms with van der Waals surface area (Å²) in [4.78, 5) is 46.9. The number of nitrogens with zero attached hydrogens (tertiary/aromatic N) is 7. The number of terminal acetylenes is 1. The number of imidazole rings is 1. The molecule has 3 atom stereocenters. The molecule has 0 aromatic carbocycles. The molecule has 234 valence electrons. The first kappa shape index (κ1) is 28.9. The molecule has 12 nitrogen and oxygen atoms in total. The SMILES string of the molecule is C#CC1CCC(Cn2c(N3CC(C)N(C(=O)C4CC4)CC3C)nc3nc(-c4noc(=O)[nH]4)nc(NC(C)C4CCC4)c32)CC1. The quantitative estimate of drug-likeness (QED) is 0.366. The second-order valence-corrected chi connectivity index (χ2v) is 13.7. The van der Waals surface area contributed by atoms with Crippen LogP contribution in [0.15, 0.2) is 9.32 Å². The van der Waals surface area contributed by atoms with Gasteiger partial charge in [-0.15, -0.1) is 12.3 Å². The maximum absolute atomic E-state index is 13.1. The van der Waals surface area contributed by atoms with Gasteiger partial charge in [0.2, 0.25) is 23.5 Å². The van der Waals surface area contributed by atoms with Gasteiger partial charge in [-0.3, -0.25) is 14.3 Å². The highest BCUT2D eigenvalue weighted by Gasteiger charge is 2.41. The van der Waals surface area contributed by atoms with Crippen molar-refractivity contribution in [2.75, 3.05) is 23.3 Å². The molecular weight excluding hydrogens is 558 g/mol. The summed E-state index contributed by atoms with van der Waals surface area (Å²) >= 11 is 0. The van der Waals surface area contributed by atoms with Crippen LogP contribution in [0.1, 0.15) is 78.6 Å². The number of nitrogens with one attached hydrogen (secondary N) is 2. The van der Waals surface area contributed by atoms with Gasteiger partial charge in [-0.25, -0.2) is 14.8 Å². The summed E-state index contributed by atoms with van der Waals surface area (Å²) in [6.45, 7) is 8.65. The van der Waals surface area contributed by atoms with Crippen molar-refractivity contribution in [3.63, 3.8) is 0 Å². The molecule has 4 heterocycles. The molecule has 3 aromatic heterocycles. The van der Waals surface area contributed by atoms with Crippen molar-refractivity contribution in [1.82, 2.24) is 34.6 Å². The summed E-state index contributed by atoms with van der Waals surface area (Å²) < 4.78 is 7.10. The molecule has 12 heteroatoms. The number of rotatable bonds is 8. The number of hydrogen-bond acceptors (Lipinski definition) is 9. The Balaban J connectivity index is 1.31. The number of carbonyl (C=O) groups excluding carboxylic acids is 1. The first-order chi connectivity index (χ1) is 21.3. The number of hydrogen-bond donors (Lipinski definition) is 2. The molecule has 3 aromatic rings. The van der Waals surface area contributed by atoms with Gasteiger partial charge in [0.15, 0.2) is 11.5 Å². The number of piperazine rings is 1. The largest absolute Gasteiger partial charge is 0.439 e. The lowest BCUT2D eigenvalue weighted by atomic mass is 9.80. The summed E-state index contributed by atoms with van der Waals surface area (Å²) in [6.07, 6.45) is 15.6. The zero-order valence-electron chi connectivity index (χ0n) is 26.0. The van der Waals surface area contributed by atoms with E-state index in [1.165, 1.54) is 19.3 Å². The van der Waals surface area contributed by atoms with E-state index in [1.807, 2.05) is 0 Å². The van der Waals surface area contributed by atoms with Crippen LogP contribution in [0.5, 0.6) is 0 Å². The Labute approximate surface area is 257 Å². The van der Waals surface area contributed by atoms with E-state index >= 15 is 0 Å². The fourth-order valence-electron chi connectivity index (χ4n) is 7.27. The number of aromatic nitrogens is 6. The molecule has 4 aliphatic rings. The summed E-state index contributed by atoms with van der Waals surface area (Å²) in [6, 6.07) is 0.350. The average molecular weight is 602 g/mol. The minimum absolute atomic E-state index is 0.0664. The van der Waals surface area contributed by atoms with Gasteiger partial charge in [0.25, 0.3) is 0 Å². The summed E-state index contributed by atoms with van der Waals surface area (Å²) in [5, 5.41) is 7.59. The standard InChI is InChI=1S/C32H43N9O3/c1-5-21-9-11-22(12-10-21)17-41-25-26(33-20(4)23-7-6-8-23)34-28(29-37-32(43)44-38-29)35-27(25)36-31(41)40-16-18(2)39(15-19(40)3)30(42)24-13-14-24/h1,18-24H,6-17H2,2-4H3,(H,33,34,35)(H,37,38,43). The Bertz CT molecular complexity index is 1620. The highest BCUT2D eigenvalue weighted by molar-refractivity contribution is 5.88. The van der Waals surface area contributed by atoms with E-state index in [9.17, 15) is 9.59 Å². The number of amides is 1. The molecule has 3 saturated carbocycles. The van der Waals surface area contributed by atoms with Crippen LogP contribution in [-0.4, -0.2) is 71.7 Å². The van der Waals surface area contributed by atoms with Gasteiger partial charge in [0.05, 0.1) is 0 Å². The molecular formula is C32H43N9O3. The van der Waals surface area contributed by atoms with E-state index in [0.29, 0.717) is 42.3 Å². The molecule has 4 fully saturated rings. The van der Waals surface area contributed by atoms with Gasteiger partial charge in [-0.2, -0.15) is 4.98 Å². The van der Waals surface area contributed by atoms with Crippen molar-refractivity contribution in [3.8, 4) is 24.0 Å². The highest BCUT2D eigenvalue weighted by atomic mass is 16.5. The molecule has 7 rings (SSSR count). The highest BCUT2D eigenvalue weighted by Crippen LogP contribution is 2.38. The normalized spacial score (nSPS) is 26.8. The maximum atomic E-state index is 13.1. The molecule has 1 aliphatic heterocycles. The monoisotopic (exact) mass is 601 g/mol. The molecule has 2 N–H and O–H groups in total. The van der Waals surface area contributed by atoms with Crippen LogP contribution < -0.4 is 16.0 Å². The summed E-state index contributed by atoms with van der Waals surface area (Å²) in [5.74, 6) is 6.12. The topological polar surface area (TPSA) is 138 Å². The number of H-pyrrole nitrogens is 1. The number of aromatic amines is 1. The van der Waals surface area contributed by atoms with Gasteiger partial charge in [0, 0.05) is 49.6 Å². The first-order valence-electron chi connectivity index (χ1n) is 16.4. The molecule has 1 amide bonds. The lowest BCUT2D eigenvalue weighted by molar-refractivity contribution is -0.135. The summed E-state index contributed by atoms with van der Waals surface area (Å²) in [7, 11) is 0. The van der Waals surface area contributed by atoms with Crippen molar-refractivity contribution < 1.29 is 9.32 Å². The van der Waals surface area contributed by atoms with E-state index in [1.54, 1.807) is 0 Å². The third kappa shape index (κ3) is 5.46. The number of fused-ring (bicyclic) bond motifs is 1. The van der Waals surface area contributed by atoms with E-state index in [0.717, 1.165) is 56.5 Å². The maximum Gasteiger partial charge on any atom is 0.439 e. The van der Waals surface area contributed by atoms with Gasteiger partial charge >= 0.3 is 5.76 Å². The van der Waals surface area contributed by atoms with E-state index in [2.05, 4.69) is 56.5 Å². The molecule has 0 bridgehead atoms. The molecule has 0 radical (unpaired) electrons. The van der Waals surface area contributed by atoms with Gasteiger partial charge in [-0.05, 0) is 84.0 Å². The van der Waals surface area contributed by atoms with Gasteiger partial charge in [-0.1, -0.05) is 11.6 Å². The van der Waals surface area contributed by atoms with Crippen molar-refractivity contribution >= 4 is 28.8 Å². The fourth-order valence-corrected chi connectivity index (χ4v) is 7.27. The van der Waals surface area contributed by atoms with Crippen molar-refractivity contribution in [2.24, 2.45) is 23.7 Å². The molecule has 44 heavy (non-hydrogen) atoms. The third-order valence-electron chi connectivity index (χ3n) is 10.4. The lowest BCUT2D eigenvalue weighted by Gasteiger charge is -2.45. The van der Waals surface area contributed by atoms with Crippen LogP contribution in [-0.2, 0) is 11.3 Å². The predicted octanol–water partition coefficient (Wildman–Crippen LogP) is 4.05. The minimum atomic E-state index is -0.656. The summed E-state index contributed by atoms with van der Waals surface area (Å²) in [5.41, 5.74) is 1.40. The molecule has 3 unspecified atom stereocenters. The fraction of sp³-hybridized carbons (Fsp3) is 0.688. The van der Waals surface area contributed by atoms with Crippen LogP contribution in [0.4, 0.5) is 11.8 Å². The third-order valence-corrected chi connectivity index (χ3v) is 10.4. The zero-order valence-corrected chi connectivity index (χ0v) is 26.0. The second-order valence-electron chi connectivity index (χ2n) is 13.7. The van der Waals surface area contributed by atoms with Crippen molar-refractivity contribution in [3.05, 3.63) is 10.6 Å².